The van der Waals surface area contributed by atoms with E-state index >= 15 is 0 Å². The lowest BCUT2D eigenvalue weighted by Gasteiger charge is -2.23. The van der Waals surface area contributed by atoms with Crippen molar-refractivity contribution in [1.82, 2.24) is 29.9 Å². The number of aryl methyl sites for hydroxylation is 4. The average Bonchev–Trinajstić information content (AvgIpc) is 3.02. The monoisotopic (exact) mass is 336 g/mol. The van der Waals surface area contributed by atoms with Gasteiger partial charge in [0.05, 0.1) is 12.2 Å². The molecule has 3 rings (SSSR count). The summed E-state index contributed by atoms with van der Waals surface area (Å²) >= 11 is 6.50. The molecule has 23 heavy (non-hydrogen) atoms. The van der Waals surface area contributed by atoms with Crippen LogP contribution in [0.3, 0.4) is 0 Å². The van der Waals surface area contributed by atoms with Crippen LogP contribution in [0.1, 0.15) is 49.1 Å². The first-order valence-electron chi connectivity index (χ1n) is 8.44. The van der Waals surface area contributed by atoms with E-state index in [-0.39, 0.29) is 0 Å². The molecule has 1 aliphatic rings. The molecule has 0 bridgehead atoms. The first-order valence-corrected chi connectivity index (χ1v) is 8.81. The largest absolute Gasteiger partial charge is 0.308 e. The quantitative estimate of drug-likeness (QED) is 0.881. The van der Waals surface area contributed by atoms with Crippen molar-refractivity contribution in [1.29, 1.82) is 0 Å². The van der Waals surface area contributed by atoms with Gasteiger partial charge in [0.1, 0.15) is 16.8 Å². The maximum atomic E-state index is 6.50. The maximum absolute atomic E-state index is 6.50. The molecule has 0 saturated carbocycles. The molecule has 1 atom stereocenters. The fourth-order valence-corrected chi connectivity index (χ4v) is 3.42. The Hall–Kier alpha value is -1.40. The fourth-order valence-electron chi connectivity index (χ4n) is 3.09. The second-order valence-electron chi connectivity index (χ2n) is 6.31. The van der Waals surface area contributed by atoms with E-state index in [1.165, 1.54) is 0 Å². The van der Waals surface area contributed by atoms with E-state index in [2.05, 4.69) is 27.4 Å². The van der Waals surface area contributed by atoms with Crippen LogP contribution in [-0.4, -0.2) is 30.6 Å². The molecule has 1 unspecified atom stereocenters. The summed E-state index contributed by atoms with van der Waals surface area (Å²) in [5.74, 6) is 1.96. The van der Waals surface area contributed by atoms with Crippen molar-refractivity contribution in [2.45, 2.75) is 72.1 Å². The van der Waals surface area contributed by atoms with E-state index in [1.807, 2.05) is 23.2 Å². The molecule has 0 aliphatic carbocycles. The van der Waals surface area contributed by atoms with E-state index in [0.29, 0.717) is 6.04 Å². The minimum absolute atomic E-state index is 0.401. The van der Waals surface area contributed by atoms with Crippen molar-refractivity contribution in [3.05, 3.63) is 28.1 Å². The SMILES string of the molecule is CCCCn1nc(C)c(CNC2CCc3nc(C)nn3C2)c1Cl. The van der Waals surface area contributed by atoms with E-state index in [1.54, 1.807) is 0 Å². The van der Waals surface area contributed by atoms with E-state index in [0.717, 1.165) is 73.4 Å². The Bertz CT molecular complexity index is 674. The maximum Gasteiger partial charge on any atom is 0.147 e. The summed E-state index contributed by atoms with van der Waals surface area (Å²) in [6, 6.07) is 0.401. The second-order valence-corrected chi connectivity index (χ2v) is 6.66. The first-order chi connectivity index (χ1) is 11.1. The zero-order valence-corrected chi connectivity index (χ0v) is 14.9. The smallest absolute Gasteiger partial charge is 0.147 e. The van der Waals surface area contributed by atoms with Gasteiger partial charge in [-0.2, -0.15) is 10.2 Å². The van der Waals surface area contributed by atoms with Gasteiger partial charge in [0.15, 0.2) is 0 Å². The van der Waals surface area contributed by atoms with Crippen LogP contribution in [0.5, 0.6) is 0 Å². The van der Waals surface area contributed by atoms with Crippen LogP contribution in [0, 0.1) is 13.8 Å². The summed E-state index contributed by atoms with van der Waals surface area (Å²) in [5, 5.41) is 13.4. The minimum Gasteiger partial charge on any atom is -0.308 e. The minimum atomic E-state index is 0.401. The Morgan fingerprint density at radius 2 is 2.13 bits per heavy atom. The van der Waals surface area contributed by atoms with Crippen LogP contribution in [0.25, 0.3) is 0 Å². The topological polar surface area (TPSA) is 60.6 Å². The van der Waals surface area contributed by atoms with Crippen LogP contribution in [0.15, 0.2) is 0 Å². The van der Waals surface area contributed by atoms with Crippen molar-refractivity contribution in [2.75, 3.05) is 0 Å². The Labute approximate surface area is 142 Å². The van der Waals surface area contributed by atoms with Crippen molar-refractivity contribution in [3.63, 3.8) is 0 Å². The number of hydrogen-bond acceptors (Lipinski definition) is 4. The molecular weight excluding hydrogens is 312 g/mol. The molecule has 1 aliphatic heterocycles. The van der Waals surface area contributed by atoms with Gasteiger partial charge in [-0.3, -0.25) is 4.68 Å². The number of aromatic nitrogens is 5. The molecule has 2 aromatic rings. The Morgan fingerprint density at radius 3 is 2.91 bits per heavy atom. The van der Waals surface area contributed by atoms with Gasteiger partial charge >= 0.3 is 0 Å². The van der Waals surface area contributed by atoms with Crippen molar-refractivity contribution >= 4 is 11.6 Å². The molecule has 6 nitrogen and oxygen atoms in total. The summed E-state index contributed by atoms with van der Waals surface area (Å²) in [5.41, 5.74) is 2.13. The lowest BCUT2D eigenvalue weighted by Crippen LogP contribution is -2.37. The number of fused-ring (bicyclic) bond motifs is 1. The Kier molecular flexibility index (Phi) is 5.02. The molecule has 3 heterocycles. The Balaban J connectivity index is 1.62. The fraction of sp³-hybridized carbons (Fsp3) is 0.688. The zero-order chi connectivity index (χ0) is 16.4. The van der Waals surface area contributed by atoms with Crippen molar-refractivity contribution in [2.24, 2.45) is 0 Å². The van der Waals surface area contributed by atoms with Crippen molar-refractivity contribution in [3.8, 4) is 0 Å². The molecule has 0 saturated heterocycles. The van der Waals surface area contributed by atoms with Crippen LogP contribution in [0.2, 0.25) is 5.15 Å². The van der Waals surface area contributed by atoms with Crippen LogP contribution >= 0.6 is 11.6 Å². The number of hydrogen-bond donors (Lipinski definition) is 1. The number of unbranched alkanes of at least 4 members (excludes halogenated alkanes) is 1. The van der Waals surface area contributed by atoms with Gasteiger partial charge < -0.3 is 5.32 Å². The molecule has 0 aromatic carbocycles. The molecular formula is C16H25ClN6. The first kappa shape index (κ1) is 16.5. The molecule has 0 spiro atoms. The lowest BCUT2D eigenvalue weighted by molar-refractivity contribution is 0.357. The van der Waals surface area contributed by atoms with Gasteiger partial charge in [-0.1, -0.05) is 24.9 Å². The van der Waals surface area contributed by atoms with Gasteiger partial charge in [-0.15, -0.1) is 0 Å². The molecule has 7 heteroatoms. The summed E-state index contributed by atoms with van der Waals surface area (Å²) < 4.78 is 3.95. The predicted molar refractivity (Wildman–Crippen MR) is 90.6 cm³/mol. The molecule has 1 N–H and O–H groups in total. The summed E-state index contributed by atoms with van der Waals surface area (Å²) in [6.07, 6.45) is 4.30. The highest BCUT2D eigenvalue weighted by molar-refractivity contribution is 6.30. The highest BCUT2D eigenvalue weighted by atomic mass is 35.5. The van der Waals surface area contributed by atoms with E-state index in [9.17, 15) is 0 Å². The third-order valence-electron chi connectivity index (χ3n) is 4.44. The van der Waals surface area contributed by atoms with Crippen LogP contribution in [-0.2, 0) is 26.1 Å². The standard InChI is InChI=1S/C16H25ClN6/c1-4-5-8-22-16(17)14(11(2)20-22)9-18-13-6-7-15-19-12(3)21-23(15)10-13/h13,18H,4-10H2,1-3H3. The van der Waals surface area contributed by atoms with E-state index in [4.69, 9.17) is 11.6 Å². The highest BCUT2D eigenvalue weighted by Crippen LogP contribution is 2.21. The van der Waals surface area contributed by atoms with Gasteiger partial charge in [-0.05, 0) is 26.7 Å². The number of halogens is 1. The van der Waals surface area contributed by atoms with Gasteiger partial charge in [0, 0.05) is 31.1 Å². The molecule has 2 aromatic heterocycles. The zero-order valence-electron chi connectivity index (χ0n) is 14.1. The van der Waals surface area contributed by atoms with E-state index < -0.39 is 0 Å². The van der Waals surface area contributed by atoms with Crippen LogP contribution < -0.4 is 5.32 Å². The van der Waals surface area contributed by atoms with Gasteiger partial charge in [-0.25, -0.2) is 9.67 Å². The average molecular weight is 337 g/mol. The lowest BCUT2D eigenvalue weighted by atomic mass is 10.1. The number of nitrogens with one attached hydrogen (secondary N) is 1. The molecule has 126 valence electrons. The second kappa shape index (κ2) is 7.01. The number of rotatable bonds is 6. The highest BCUT2D eigenvalue weighted by Gasteiger charge is 2.21. The summed E-state index contributed by atoms with van der Waals surface area (Å²) in [6.45, 7) is 8.67. The summed E-state index contributed by atoms with van der Waals surface area (Å²) in [7, 11) is 0. The third kappa shape index (κ3) is 3.58. The number of nitrogens with zero attached hydrogens (tertiary/aromatic N) is 5. The summed E-state index contributed by atoms with van der Waals surface area (Å²) in [4.78, 5) is 4.45. The Morgan fingerprint density at radius 1 is 1.30 bits per heavy atom. The van der Waals surface area contributed by atoms with Gasteiger partial charge in [0.2, 0.25) is 0 Å². The molecule has 0 amide bonds. The predicted octanol–water partition coefficient (Wildman–Crippen LogP) is 2.65. The van der Waals surface area contributed by atoms with Gasteiger partial charge in [0.25, 0.3) is 0 Å². The third-order valence-corrected chi connectivity index (χ3v) is 4.86. The van der Waals surface area contributed by atoms with Crippen LogP contribution in [0.4, 0.5) is 0 Å². The molecule has 0 fully saturated rings. The van der Waals surface area contributed by atoms with Crippen molar-refractivity contribution < 1.29 is 0 Å². The molecule has 0 radical (unpaired) electrons. The normalized spacial score (nSPS) is 17.5.